The highest BCUT2D eigenvalue weighted by Gasteiger charge is 2.18. The smallest absolute Gasteiger partial charge is 0.228 e. The van der Waals surface area contributed by atoms with E-state index in [2.05, 4.69) is 29.1 Å². The molecule has 1 amide bonds. The van der Waals surface area contributed by atoms with Crippen LogP contribution in [0.1, 0.15) is 20.3 Å². The minimum Gasteiger partial charge on any atom is -0.330 e. The van der Waals surface area contributed by atoms with Gasteiger partial charge in [0.1, 0.15) is 0 Å². The largest absolute Gasteiger partial charge is 0.330 e. The van der Waals surface area contributed by atoms with Gasteiger partial charge in [-0.15, -0.1) is 0 Å². The topological polar surface area (TPSA) is 80.9 Å². The molecule has 1 heterocycles. The number of fused-ring (bicyclic) bond motifs is 1. The predicted octanol–water partition coefficient (Wildman–Crippen LogP) is 2.19. The number of rotatable bonds is 5. The van der Waals surface area contributed by atoms with Crippen LogP contribution < -0.4 is 11.1 Å². The molecule has 0 fully saturated rings. The van der Waals surface area contributed by atoms with Gasteiger partial charge < -0.3 is 11.1 Å². The van der Waals surface area contributed by atoms with Crippen LogP contribution in [0.2, 0.25) is 0 Å². The Labute approximate surface area is 118 Å². The van der Waals surface area contributed by atoms with E-state index < -0.39 is 0 Å². The normalized spacial score (nSPS) is 12.6. The SMILES string of the molecule is CC(C)CC(CN)C(=O)Nc1ccc2nccnc2c1. The average molecular weight is 272 g/mol. The summed E-state index contributed by atoms with van der Waals surface area (Å²) in [6.07, 6.45) is 4.07. The molecule has 0 radical (unpaired) electrons. The van der Waals surface area contributed by atoms with Crippen molar-refractivity contribution in [2.75, 3.05) is 11.9 Å². The first kappa shape index (κ1) is 14.4. The van der Waals surface area contributed by atoms with E-state index in [1.165, 1.54) is 0 Å². The van der Waals surface area contributed by atoms with E-state index in [1.807, 2.05) is 18.2 Å². The second-order valence-corrected chi connectivity index (χ2v) is 5.31. The summed E-state index contributed by atoms with van der Waals surface area (Å²) >= 11 is 0. The van der Waals surface area contributed by atoms with Crippen molar-refractivity contribution in [3.05, 3.63) is 30.6 Å². The number of amides is 1. The fourth-order valence-electron chi connectivity index (χ4n) is 2.16. The second-order valence-electron chi connectivity index (χ2n) is 5.31. The lowest BCUT2D eigenvalue weighted by atomic mass is 9.96. The van der Waals surface area contributed by atoms with Crippen LogP contribution in [0.3, 0.4) is 0 Å². The maximum Gasteiger partial charge on any atom is 0.228 e. The zero-order valence-corrected chi connectivity index (χ0v) is 11.8. The summed E-state index contributed by atoms with van der Waals surface area (Å²) in [4.78, 5) is 20.6. The van der Waals surface area contributed by atoms with Crippen LogP contribution in [-0.2, 0) is 4.79 Å². The van der Waals surface area contributed by atoms with Crippen molar-refractivity contribution in [3.8, 4) is 0 Å². The number of nitrogens with zero attached hydrogens (tertiary/aromatic N) is 2. The van der Waals surface area contributed by atoms with Crippen molar-refractivity contribution in [1.82, 2.24) is 9.97 Å². The molecule has 5 nitrogen and oxygen atoms in total. The quantitative estimate of drug-likeness (QED) is 0.874. The van der Waals surface area contributed by atoms with Gasteiger partial charge in [0.2, 0.25) is 5.91 Å². The first-order valence-corrected chi connectivity index (χ1v) is 6.82. The lowest BCUT2D eigenvalue weighted by Crippen LogP contribution is -2.30. The number of nitrogens with two attached hydrogens (primary N) is 1. The molecule has 106 valence electrons. The Morgan fingerprint density at radius 2 is 1.95 bits per heavy atom. The highest BCUT2D eigenvalue weighted by atomic mass is 16.1. The van der Waals surface area contributed by atoms with Gasteiger partial charge >= 0.3 is 0 Å². The highest BCUT2D eigenvalue weighted by Crippen LogP contribution is 2.17. The number of carbonyl (C=O) groups excluding carboxylic acids is 1. The summed E-state index contributed by atoms with van der Waals surface area (Å²) in [6, 6.07) is 5.50. The molecule has 0 bridgehead atoms. The van der Waals surface area contributed by atoms with Crippen LogP contribution in [-0.4, -0.2) is 22.4 Å². The number of carbonyl (C=O) groups is 1. The summed E-state index contributed by atoms with van der Waals surface area (Å²) in [5, 5.41) is 2.90. The Hall–Kier alpha value is -2.01. The summed E-state index contributed by atoms with van der Waals surface area (Å²) in [6.45, 7) is 4.53. The Bertz CT molecular complexity index is 597. The molecule has 1 aromatic heterocycles. The van der Waals surface area contributed by atoms with Crippen molar-refractivity contribution in [2.24, 2.45) is 17.6 Å². The average Bonchev–Trinajstić information content (AvgIpc) is 2.44. The first-order valence-electron chi connectivity index (χ1n) is 6.82. The van der Waals surface area contributed by atoms with Crippen LogP contribution in [0.4, 0.5) is 5.69 Å². The molecule has 3 N–H and O–H groups in total. The molecule has 1 atom stereocenters. The number of nitrogens with one attached hydrogen (secondary N) is 1. The minimum atomic E-state index is -0.160. The first-order chi connectivity index (χ1) is 9.60. The zero-order chi connectivity index (χ0) is 14.5. The molecule has 2 aromatic rings. The van der Waals surface area contributed by atoms with Crippen LogP contribution >= 0.6 is 0 Å². The molecule has 2 rings (SSSR count). The van der Waals surface area contributed by atoms with E-state index in [9.17, 15) is 4.79 Å². The van der Waals surface area contributed by atoms with Crippen molar-refractivity contribution in [2.45, 2.75) is 20.3 Å². The van der Waals surface area contributed by atoms with Gasteiger partial charge in [0.05, 0.1) is 17.0 Å². The van der Waals surface area contributed by atoms with E-state index >= 15 is 0 Å². The highest BCUT2D eigenvalue weighted by molar-refractivity contribution is 5.94. The lowest BCUT2D eigenvalue weighted by molar-refractivity contribution is -0.120. The maximum absolute atomic E-state index is 12.2. The minimum absolute atomic E-state index is 0.0376. The Morgan fingerprint density at radius 1 is 1.25 bits per heavy atom. The van der Waals surface area contributed by atoms with Crippen LogP contribution in [0.25, 0.3) is 11.0 Å². The molecule has 0 aliphatic heterocycles. The van der Waals surface area contributed by atoms with Gasteiger partial charge in [0.15, 0.2) is 0 Å². The Balaban J connectivity index is 2.12. The van der Waals surface area contributed by atoms with E-state index in [0.29, 0.717) is 12.5 Å². The van der Waals surface area contributed by atoms with Crippen LogP contribution in [0.15, 0.2) is 30.6 Å². The Kier molecular flexibility index (Phi) is 4.63. The van der Waals surface area contributed by atoms with Crippen molar-refractivity contribution >= 4 is 22.6 Å². The monoisotopic (exact) mass is 272 g/mol. The van der Waals surface area contributed by atoms with Gasteiger partial charge in [-0.2, -0.15) is 0 Å². The molecule has 0 aliphatic carbocycles. The summed E-state index contributed by atoms with van der Waals surface area (Å²) in [5.41, 5.74) is 7.98. The molecule has 0 aliphatic rings. The fourth-order valence-corrected chi connectivity index (χ4v) is 2.16. The van der Waals surface area contributed by atoms with E-state index in [1.54, 1.807) is 12.4 Å². The number of benzene rings is 1. The van der Waals surface area contributed by atoms with Crippen molar-refractivity contribution in [1.29, 1.82) is 0 Å². The third kappa shape index (κ3) is 3.51. The van der Waals surface area contributed by atoms with Crippen LogP contribution in [0.5, 0.6) is 0 Å². The molecular weight excluding hydrogens is 252 g/mol. The van der Waals surface area contributed by atoms with Gasteiger partial charge in [-0.25, -0.2) is 0 Å². The fraction of sp³-hybridized carbons (Fsp3) is 0.400. The molecule has 5 heteroatoms. The summed E-state index contributed by atoms with van der Waals surface area (Å²) in [7, 11) is 0. The van der Waals surface area contributed by atoms with E-state index in [4.69, 9.17) is 5.73 Å². The molecule has 0 saturated heterocycles. The number of anilines is 1. The standard InChI is InChI=1S/C15H20N4O/c1-10(2)7-11(9-16)15(20)19-12-3-4-13-14(8-12)18-6-5-17-13/h3-6,8,10-11H,7,9,16H2,1-2H3,(H,19,20). The molecule has 1 unspecified atom stereocenters. The van der Waals surface area contributed by atoms with Crippen LogP contribution in [0, 0.1) is 11.8 Å². The lowest BCUT2D eigenvalue weighted by Gasteiger charge is -2.16. The van der Waals surface area contributed by atoms with Gasteiger partial charge in [-0.1, -0.05) is 13.8 Å². The molecule has 20 heavy (non-hydrogen) atoms. The number of hydrogen-bond donors (Lipinski definition) is 2. The molecule has 0 saturated carbocycles. The van der Waals surface area contributed by atoms with Gasteiger partial charge in [0, 0.05) is 24.6 Å². The summed E-state index contributed by atoms with van der Waals surface area (Å²) < 4.78 is 0. The maximum atomic E-state index is 12.2. The third-order valence-electron chi connectivity index (χ3n) is 3.15. The Morgan fingerprint density at radius 3 is 2.60 bits per heavy atom. The third-order valence-corrected chi connectivity index (χ3v) is 3.15. The zero-order valence-electron chi connectivity index (χ0n) is 11.8. The second kappa shape index (κ2) is 6.43. The number of hydrogen-bond acceptors (Lipinski definition) is 4. The predicted molar refractivity (Wildman–Crippen MR) is 80.2 cm³/mol. The van der Waals surface area contributed by atoms with Gasteiger partial charge in [0.25, 0.3) is 0 Å². The number of aromatic nitrogens is 2. The van der Waals surface area contributed by atoms with E-state index in [-0.39, 0.29) is 11.8 Å². The van der Waals surface area contributed by atoms with Crippen molar-refractivity contribution in [3.63, 3.8) is 0 Å². The molecule has 0 spiro atoms. The van der Waals surface area contributed by atoms with Gasteiger partial charge in [-0.3, -0.25) is 14.8 Å². The van der Waals surface area contributed by atoms with Gasteiger partial charge in [-0.05, 0) is 30.5 Å². The summed E-state index contributed by atoms with van der Waals surface area (Å²) in [5.74, 6) is 0.244. The molecule has 1 aromatic carbocycles. The molecular formula is C15H20N4O. The van der Waals surface area contributed by atoms with E-state index in [0.717, 1.165) is 23.1 Å². The van der Waals surface area contributed by atoms with Crippen molar-refractivity contribution < 1.29 is 4.79 Å².